The van der Waals surface area contributed by atoms with Gasteiger partial charge in [-0.2, -0.15) is 4.98 Å². The zero-order valence-corrected chi connectivity index (χ0v) is 13.6. The predicted octanol–water partition coefficient (Wildman–Crippen LogP) is 1.66. The van der Waals surface area contributed by atoms with Gasteiger partial charge in [-0.25, -0.2) is 0 Å². The van der Waals surface area contributed by atoms with Gasteiger partial charge in [0.2, 0.25) is 11.8 Å². The summed E-state index contributed by atoms with van der Waals surface area (Å²) < 4.78 is 10.6. The van der Waals surface area contributed by atoms with Crippen molar-refractivity contribution in [2.24, 2.45) is 5.73 Å². The van der Waals surface area contributed by atoms with E-state index < -0.39 is 11.4 Å². The highest BCUT2D eigenvalue weighted by Gasteiger charge is 2.33. The molecule has 0 radical (unpaired) electrons. The predicted molar refractivity (Wildman–Crippen MR) is 84.2 cm³/mol. The second-order valence-corrected chi connectivity index (χ2v) is 5.35. The maximum Gasteiger partial charge on any atom is 0.242 e. The van der Waals surface area contributed by atoms with Crippen molar-refractivity contribution in [3.05, 3.63) is 47.6 Å². The van der Waals surface area contributed by atoms with Gasteiger partial charge in [0.25, 0.3) is 0 Å². The van der Waals surface area contributed by atoms with Crippen molar-refractivity contribution in [2.75, 3.05) is 6.61 Å². The minimum atomic E-state index is -1.03. The molecule has 0 fully saturated rings. The lowest BCUT2D eigenvalue weighted by Crippen LogP contribution is -2.50. The van der Waals surface area contributed by atoms with Crippen molar-refractivity contribution >= 4 is 5.91 Å². The van der Waals surface area contributed by atoms with Crippen LogP contribution in [0.1, 0.15) is 44.2 Å². The van der Waals surface area contributed by atoms with Gasteiger partial charge in [0.15, 0.2) is 5.82 Å². The Morgan fingerprint density at radius 2 is 2.13 bits per heavy atom. The Bertz CT molecular complexity index is 644. The minimum Gasteiger partial charge on any atom is -0.371 e. The normalized spacial score (nSPS) is 15.1. The van der Waals surface area contributed by atoms with Crippen molar-refractivity contribution in [2.45, 2.75) is 39.0 Å². The molecular formula is C16H22N4O3. The molecule has 0 spiro atoms. The van der Waals surface area contributed by atoms with E-state index in [9.17, 15) is 4.79 Å². The fourth-order valence-electron chi connectivity index (χ4n) is 2.18. The third-order valence-electron chi connectivity index (χ3n) is 3.70. The van der Waals surface area contributed by atoms with Gasteiger partial charge in [0, 0.05) is 6.61 Å². The molecule has 0 bridgehead atoms. The summed E-state index contributed by atoms with van der Waals surface area (Å²) in [6.07, 6.45) is -0.242. The van der Waals surface area contributed by atoms with Crippen molar-refractivity contribution in [1.82, 2.24) is 15.5 Å². The standard InChI is InChI=1S/C16H22N4O3/c1-4-22-11(2)14-19-13(23-20-14)10-18-16(3,15(17)21)12-8-6-5-7-9-12/h5-9,11,18H,4,10H2,1-3H3,(H2,17,21)/t11-,16+/m0/s1. The highest BCUT2D eigenvalue weighted by molar-refractivity contribution is 5.85. The van der Waals surface area contributed by atoms with E-state index in [2.05, 4.69) is 15.5 Å². The monoisotopic (exact) mass is 318 g/mol. The number of primary amides is 1. The Hall–Kier alpha value is -2.25. The number of hydrogen-bond acceptors (Lipinski definition) is 6. The van der Waals surface area contributed by atoms with E-state index >= 15 is 0 Å². The Morgan fingerprint density at radius 3 is 2.74 bits per heavy atom. The molecule has 1 heterocycles. The maximum atomic E-state index is 11.9. The van der Waals surface area contributed by atoms with Gasteiger partial charge in [-0.15, -0.1) is 0 Å². The molecule has 0 unspecified atom stereocenters. The average Bonchev–Trinajstić information content (AvgIpc) is 3.02. The molecule has 0 saturated carbocycles. The van der Waals surface area contributed by atoms with Crippen LogP contribution in [-0.4, -0.2) is 22.7 Å². The number of carbonyl (C=O) groups excluding carboxylic acids is 1. The minimum absolute atomic E-state index is 0.222. The van der Waals surface area contributed by atoms with E-state index in [1.165, 1.54) is 0 Å². The van der Waals surface area contributed by atoms with Crippen LogP contribution in [0.4, 0.5) is 0 Å². The lowest BCUT2D eigenvalue weighted by molar-refractivity contribution is -0.124. The Labute approximate surface area is 135 Å². The average molecular weight is 318 g/mol. The first kappa shape index (κ1) is 17.1. The third kappa shape index (κ3) is 3.94. The molecule has 7 nitrogen and oxygen atoms in total. The van der Waals surface area contributed by atoms with Crippen LogP contribution in [0.25, 0.3) is 0 Å². The molecule has 7 heteroatoms. The van der Waals surface area contributed by atoms with E-state index in [0.29, 0.717) is 18.3 Å². The number of ether oxygens (including phenoxy) is 1. The summed E-state index contributed by atoms with van der Waals surface area (Å²) in [5.74, 6) is 0.366. The number of nitrogens with one attached hydrogen (secondary N) is 1. The van der Waals surface area contributed by atoms with E-state index in [1.807, 2.05) is 44.2 Å². The quantitative estimate of drug-likeness (QED) is 0.767. The fraction of sp³-hybridized carbons (Fsp3) is 0.438. The molecular weight excluding hydrogens is 296 g/mol. The van der Waals surface area contributed by atoms with Crippen LogP contribution < -0.4 is 11.1 Å². The van der Waals surface area contributed by atoms with Crippen LogP contribution in [0.3, 0.4) is 0 Å². The van der Waals surface area contributed by atoms with Crippen molar-refractivity contribution < 1.29 is 14.1 Å². The molecule has 3 N–H and O–H groups in total. The third-order valence-corrected chi connectivity index (χ3v) is 3.70. The van der Waals surface area contributed by atoms with Gasteiger partial charge in [0.05, 0.1) is 6.54 Å². The summed E-state index contributed by atoms with van der Waals surface area (Å²) >= 11 is 0. The van der Waals surface area contributed by atoms with Gasteiger partial charge in [-0.05, 0) is 26.3 Å². The highest BCUT2D eigenvalue weighted by Crippen LogP contribution is 2.21. The van der Waals surface area contributed by atoms with Crippen molar-refractivity contribution in [3.8, 4) is 0 Å². The van der Waals surface area contributed by atoms with Gasteiger partial charge in [-0.1, -0.05) is 35.5 Å². The summed E-state index contributed by atoms with van der Waals surface area (Å²) in [5.41, 5.74) is 5.32. The molecule has 2 aromatic rings. The Kier molecular flexibility index (Phi) is 5.46. The van der Waals surface area contributed by atoms with Gasteiger partial charge < -0.3 is 15.0 Å². The number of benzene rings is 1. The van der Waals surface area contributed by atoms with Crippen molar-refractivity contribution in [3.63, 3.8) is 0 Å². The zero-order valence-electron chi connectivity index (χ0n) is 13.6. The van der Waals surface area contributed by atoms with E-state index in [-0.39, 0.29) is 12.6 Å². The molecule has 0 aliphatic rings. The largest absolute Gasteiger partial charge is 0.371 e. The summed E-state index contributed by atoms with van der Waals surface area (Å²) in [5, 5.41) is 6.99. The number of aromatic nitrogens is 2. The number of hydrogen-bond donors (Lipinski definition) is 2. The molecule has 0 aliphatic carbocycles. The number of nitrogens with two attached hydrogens (primary N) is 1. The molecule has 23 heavy (non-hydrogen) atoms. The second kappa shape index (κ2) is 7.34. The van der Waals surface area contributed by atoms with Crippen LogP contribution in [0.5, 0.6) is 0 Å². The highest BCUT2D eigenvalue weighted by atomic mass is 16.5. The van der Waals surface area contributed by atoms with Crippen molar-refractivity contribution in [1.29, 1.82) is 0 Å². The fourth-order valence-corrected chi connectivity index (χ4v) is 2.18. The summed E-state index contributed by atoms with van der Waals surface area (Å²) in [6.45, 7) is 6.27. The zero-order chi connectivity index (χ0) is 16.9. The van der Waals surface area contributed by atoms with Crippen LogP contribution in [0, 0.1) is 0 Å². The van der Waals surface area contributed by atoms with Gasteiger partial charge >= 0.3 is 0 Å². The SMILES string of the molecule is CCO[C@@H](C)c1noc(CN[C@@](C)(C(N)=O)c2ccccc2)n1. The first-order valence-electron chi connectivity index (χ1n) is 7.52. The molecule has 0 saturated heterocycles. The number of nitrogens with zero attached hydrogens (tertiary/aromatic N) is 2. The lowest BCUT2D eigenvalue weighted by Gasteiger charge is -2.27. The molecule has 1 aromatic heterocycles. The van der Waals surface area contributed by atoms with Gasteiger partial charge in [0.1, 0.15) is 11.6 Å². The smallest absolute Gasteiger partial charge is 0.242 e. The topological polar surface area (TPSA) is 103 Å². The van der Waals surface area contributed by atoms with Crippen LogP contribution >= 0.6 is 0 Å². The Balaban J connectivity index is 2.10. The Morgan fingerprint density at radius 1 is 1.43 bits per heavy atom. The first-order chi connectivity index (χ1) is 11.0. The first-order valence-corrected chi connectivity index (χ1v) is 7.52. The summed E-state index contributed by atoms with van der Waals surface area (Å²) in [7, 11) is 0. The molecule has 2 rings (SSSR count). The molecule has 1 amide bonds. The molecule has 2 atom stereocenters. The molecule has 0 aliphatic heterocycles. The molecule has 124 valence electrons. The number of amides is 1. The van der Waals surface area contributed by atoms with E-state index in [0.717, 1.165) is 5.56 Å². The van der Waals surface area contributed by atoms with E-state index in [4.69, 9.17) is 15.0 Å². The van der Waals surface area contributed by atoms with Crippen LogP contribution in [-0.2, 0) is 21.6 Å². The van der Waals surface area contributed by atoms with Crippen LogP contribution in [0.2, 0.25) is 0 Å². The maximum absolute atomic E-state index is 11.9. The summed E-state index contributed by atoms with van der Waals surface area (Å²) in [4.78, 5) is 16.2. The number of carbonyl (C=O) groups is 1. The molecule has 1 aromatic carbocycles. The van der Waals surface area contributed by atoms with Gasteiger partial charge in [-0.3, -0.25) is 10.1 Å². The lowest BCUT2D eigenvalue weighted by atomic mass is 9.91. The number of rotatable bonds is 8. The second-order valence-electron chi connectivity index (χ2n) is 5.35. The van der Waals surface area contributed by atoms with Crippen LogP contribution in [0.15, 0.2) is 34.9 Å². The summed E-state index contributed by atoms with van der Waals surface area (Å²) in [6, 6.07) is 9.27. The van der Waals surface area contributed by atoms with E-state index in [1.54, 1.807) is 6.92 Å².